The van der Waals surface area contributed by atoms with Crippen LogP contribution in [0.1, 0.15) is 56.1 Å². The number of hydrogen-bond donors (Lipinski definition) is 3. The number of rotatable bonds is 7. The van der Waals surface area contributed by atoms with Gasteiger partial charge in [-0.05, 0) is 61.8 Å². The van der Waals surface area contributed by atoms with E-state index in [2.05, 4.69) is 10.0 Å². The third-order valence-electron chi connectivity index (χ3n) is 5.63. The van der Waals surface area contributed by atoms with Crippen LogP contribution in [-0.4, -0.2) is 33.0 Å². The second-order valence-corrected chi connectivity index (χ2v) is 9.29. The van der Waals surface area contributed by atoms with Gasteiger partial charge in [0.15, 0.2) is 0 Å². The summed E-state index contributed by atoms with van der Waals surface area (Å²) >= 11 is 0. The van der Waals surface area contributed by atoms with Crippen molar-refractivity contribution in [2.75, 3.05) is 13.1 Å². The average Bonchev–Trinajstić information content (AvgIpc) is 3.10. The summed E-state index contributed by atoms with van der Waals surface area (Å²) in [7, 11) is -3.59. The van der Waals surface area contributed by atoms with E-state index < -0.39 is 10.0 Å². The van der Waals surface area contributed by atoms with Crippen molar-refractivity contribution in [1.29, 1.82) is 0 Å². The zero-order valence-corrected chi connectivity index (χ0v) is 17.3. The van der Waals surface area contributed by atoms with Crippen molar-refractivity contribution in [3.05, 3.63) is 29.3 Å². The summed E-state index contributed by atoms with van der Waals surface area (Å²) in [6.07, 6.45) is 8.28. The Morgan fingerprint density at radius 2 is 1.74 bits per heavy atom. The van der Waals surface area contributed by atoms with Crippen molar-refractivity contribution in [2.24, 2.45) is 5.73 Å². The van der Waals surface area contributed by atoms with Gasteiger partial charge in [-0.3, -0.25) is 4.79 Å². The van der Waals surface area contributed by atoms with Gasteiger partial charge in [-0.1, -0.05) is 18.9 Å². The fraction of sp³-hybridized carbons (Fsp3) is 0.632. The van der Waals surface area contributed by atoms with Gasteiger partial charge in [0.1, 0.15) is 0 Å². The fourth-order valence-corrected chi connectivity index (χ4v) is 5.13. The zero-order chi connectivity index (χ0) is 18.6. The molecule has 1 fully saturated rings. The first-order valence-electron chi connectivity index (χ1n) is 9.57. The van der Waals surface area contributed by atoms with Gasteiger partial charge in [-0.2, -0.15) is 0 Å². The Labute approximate surface area is 168 Å². The second kappa shape index (κ2) is 9.37. The van der Waals surface area contributed by atoms with E-state index in [1.54, 1.807) is 12.1 Å². The van der Waals surface area contributed by atoms with Crippen LogP contribution in [-0.2, 0) is 27.7 Å². The van der Waals surface area contributed by atoms with E-state index in [9.17, 15) is 13.2 Å². The van der Waals surface area contributed by atoms with Crippen LogP contribution >= 0.6 is 12.4 Å². The lowest BCUT2D eigenvalue weighted by atomic mass is 9.92. The summed E-state index contributed by atoms with van der Waals surface area (Å²) < 4.78 is 27.5. The Balaban J connectivity index is 0.00000261. The molecule has 0 radical (unpaired) electrons. The molecule has 0 aromatic heterocycles. The molecule has 1 aromatic rings. The van der Waals surface area contributed by atoms with E-state index in [-0.39, 0.29) is 41.7 Å². The molecular formula is C19H30ClN3O3S. The van der Waals surface area contributed by atoms with Crippen molar-refractivity contribution in [3.8, 4) is 0 Å². The number of aryl methyl sites for hydroxylation is 2. The second-order valence-electron chi connectivity index (χ2n) is 7.53. The first-order chi connectivity index (χ1) is 12.4. The summed E-state index contributed by atoms with van der Waals surface area (Å²) in [5.74, 6) is -0.148. The molecule has 1 amide bonds. The normalized spacial score (nSPS) is 18.4. The van der Waals surface area contributed by atoms with Gasteiger partial charge in [0.05, 0.1) is 10.4 Å². The van der Waals surface area contributed by atoms with Crippen molar-refractivity contribution >= 4 is 28.3 Å². The molecule has 0 bridgehead atoms. The van der Waals surface area contributed by atoms with E-state index in [1.807, 2.05) is 6.07 Å². The summed E-state index contributed by atoms with van der Waals surface area (Å²) in [5.41, 5.74) is 7.90. The minimum Gasteiger partial charge on any atom is -0.349 e. The van der Waals surface area contributed by atoms with Crippen molar-refractivity contribution in [2.45, 2.75) is 68.2 Å². The van der Waals surface area contributed by atoms with Gasteiger partial charge in [0.2, 0.25) is 15.9 Å². The van der Waals surface area contributed by atoms with E-state index in [0.717, 1.165) is 56.9 Å². The topological polar surface area (TPSA) is 101 Å². The van der Waals surface area contributed by atoms with Crippen LogP contribution in [0.3, 0.4) is 0 Å². The first kappa shape index (κ1) is 22.1. The Kier molecular flexibility index (Phi) is 7.68. The SMILES string of the molecule is Cl.NCC1(NC(=O)CCNS(=O)(=O)c2ccc3c(c2)CCCC3)CCCC1. The van der Waals surface area contributed by atoms with Gasteiger partial charge in [0, 0.05) is 19.5 Å². The molecule has 0 saturated heterocycles. The van der Waals surface area contributed by atoms with E-state index >= 15 is 0 Å². The summed E-state index contributed by atoms with van der Waals surface area (Å²) in [4.78, 5) is 12.5. The van der Waals surface area contributed by atoms with Crippen LogP contribution in [0.4, 0.5) is 0 Å². The monoisotopic (exact) mass is 415 g/mol. The Bertz CT molecular complexity index is 761. The molecule has 3 rings (SSSR count). The largest absolute Gasteiger partial charge is 0.349 e. The van der Waals surface area contributed by atoms with Crippen LogP contribution in [0.15, 0.2) is 23.1 Å². The lowest BCUT2D eigenvalue weighted by Gasteiger charge is -2.28. The summed E-state index contributed by atoms with van der Waals surface area (Å²) in [5, 5.41) is 3.01. The highest BCUT2D eigenvalue weighted by Gasteiger charge is 2.33. The standard InChI is InChI=1S/C19H29N3O3S.ClH/c20-14-19(10-3-4-11-19)22-18(23)9-12-21-26(24,25)17-8-7-15-5-1-2-6-16(15)13-17;/h7-8,13,21H,1-6,9-12,14,20H2,(H,22,23);1H. The Morgan fingerprint density at radius 3 is 2.41 bits per heavy atom. The number of benzene rings is 1. The number of amides is 1. The number of nitrogens with one attached hydrogen (secondary N) is 2. The number of fused-ring (bicyclic) bond motifs is 1. The number of sulfonamides is 1. The third-order valence-corrected chi connectivity index (χ3v) is 7.09. The van der Waals surface area contributed by atoms with Crippen molar-refractivity contribution < 1.29 is 13.2 Å². The lowest BCUT2D eigenvalue weighted by Crippen LogP contribution is -2.52. The number of halogens is 1. The molecule has 0 spiro atoms. The molecule has 6 nitrogen and oxygen atoms in total. The minimum atomic E-state index is -3.59. The van der Waals surface area contributed by atoms with Gasteiger partial charge in [-0.15, -0.1) is 12.4 Å². The van der Waals surface area contributed by atoms with Crippen LogP contribution in [0.5, 0.6) is 0 Å². The quantitative estimate of drug-likeness (QED) is 0.634. The molecule has 152 valence electrons. The lowest BCUT2D eigenvalue weighted by molar-refractivity contribution is -0.122. The Morgan fingerprint density at radius 1 is 1.07 bits per heavy atom. The van der Waals surface area contributed by atoms with Gasteiger partial charge >= 0.3 is 0 Å². The molecule has 0 aliphatic heterocycles. The van der Waals surface area contributed by atoms with Gasteiger partial charge in [0.25, 0.3) is 0 Å². The van der Waals surface area contributed by atoms with E-state index in [1.165, 1.54) is 5.56 Å². The molecule has 1 aromatic carbocycles. The summed E-state index contributed by atoms with van der Waals surface area (Å²) in [6.45, 7) is 0.519. The molecule has 2 aliphatic rings. The predicted molar refractivity (Wildman–Crippen MR) is 109 cm³/mol. The number of carbonyl (C=O) groups is 1. The zero-order valence-electron chi connectivity index (χ0n) is 15.6. The highest BCUT2D eigenvalue weighted by molar-refractivity contribution is 7.89. The number of carbonyl (C=O) groups excluding carboxylic acids is 1. The number of nitrogens with two attached hydrogens (primary N) is 1. The summed E-state index contributed by atoms with van der Waals surface area (Å²) in [6, 6.07) is 5.36. The van der Waals surface area contributed by atoms with Crippen LogP contribution in [0.25, 0.3) is 0 Å². The van der Waals surface area contributed by atoms with Gasteiger partial charge < -0.3 is 11.1 Å². The molecular weight excluding hydrogens is 386 g/mol. The maximum absolute atomic E-state index is 12.5. The average molecular weight is 416 g/mol. The molecule has 27 heavy (non-hydrogen) atoms. The third kappa shape index (κ3) is 5.44. The highest BCUT2D eigenvalue weighted by Crippen LogP contribution is 2.28. The smallest absolute Gasteiger partial charge is 0.240 e. The molecule has 2 aliphatic carbocycles. The highest BCUT2D eigenvalue weighted by atomic mass is 35.5. The Hall–Kier alpha value is -1.15. The van der Waals surface area contributed by atoms with Crippen LogP contribution in [0.2, 0.25) is 0 Å². The van der Waals surface area contributed by atoms with E-state index in [4.69, 9.17) is 5.73 Å². The molecule has 0 unspecified atom stereocenters. The van der Waals surface area contributed by atoms with Gasteiger partial charge in [-0.25, -0.2) is 13.1 Å². The van der Waals surface area contributed by atoms with Crippen LogP contribution in [0, 0.1) is 0 Å². The minimum absolute atomic E-state index is 0. The maximum Gasteiger partial charge on any atom is 0.240 e. The van der Waals surface area contributed by atoms with Crippen molar-refractivity contribution in [3.63, 3.8) is 0 Å². The predicted octanol–water partition coefficient (Wildman–Crippen LogP) is 2.04. The van der Waals surface area contributed by atoms with E-state index in [0.29, 0.717) is 6.54 Å². The molecule has 0 heterocycles. The molecule has 4 N–H and O–H groups in total. The maximum atomic E-state index is 12.5. The fourth-order valence-electron chi connectivity index (χ4n) is 4.05. The first-order valence-corrected chi connectivity index (χ1v) is 11.1. The van der Waals surface area contributed by atoms with Crippen molar-refractivity contribution in [1.82, 2.24) is 10.0 Å². The van der Waals surface area contributed by atoms with Crippen LogP contribution < -0.4 is 15.8 Å². The molecule has 1 saturated carbocycles. The number of hydrogen-bond acceptors (Lipinski definition) is 4. The molecule has 8 heteroatoms. The molecule has 0 atom stereocenters.